The molecule has 0 bridgehead atoms. The van der Waals surface area contributed by atoms with Crippen LogP contribution in [0.2, 0.25) is 0 Å². The molecule has 0 aliphatic rings. The number of Topliss-reactive ketones (excluding diaryl/α,β-unsaturated/α-hetero) is 1. The second-order valence-corrected chi connectivity index (χ2v) is 3.17. The largest absolute Gasteiger partial charge is 0.397 e. The highest BCUT2D eigenvalue weighted by atomic mass is 16.1. The van der Waals surface area contributed by atoms with Crippen LogP contribution in [-0.4, -0.2) is 20.5 Å². The minimum Gasteiger partial charge on any atom is -0.397 e. The van der Waals surface area contributed by atoms with Gasteiger partial charge in [0.15, 0.2) is 5.78 Å². The van der Waals surface area contributed by atoms with Crippen molar-refractivity contribution in [3.63, 3.8) is 0 Å². The van der Waals surface area contributed by atoms with Gasteiger partial charge in [0.2, 0.25) is 0 Å². The second kappa shape index (κ2) is 3.53. The number of hydrogen-bond donors (Lipinski definition) is 1. The summed E-state index contributed by atoms with van der Waals surface area (Å²) >= 11 is 0. The zero-order chi connectivity index (χ0) is 10.8. The van der Waals surface area contributed by atoms with Gasteiger partial charge in [-0.3, -0.25) is 4.79 Å². The summed E-state index contributed by atoms with van der Waals surface area (Å²) in [6.45, 7) is 1.51. The molecule has 0 unspecified atom stereocenters. The van der Waals surface area contributed by atoms with Crippen LogP contribution in [-0.2, 0) is 0 Å². The van der Waals surface area contributed by atoms with E-state index in [-0.39, 0.29) is 5.78 Å². The molecule has 0 aliphatic heterocycles. The third kappa shape index (κ3) is 1.71. The summed E-state index contributed by atoms with van der Waals surface area (Å²) in [6.07, 6.45) is 2.95. The molecule has 0 atom stereocenters. The number of benzene rings is 1. The lowest BCUT2D eigenvalue weighted by molar-refractivity contribution is 0.101. The number of carbonyl (C=O) groups excluding carboxylic acids is 1. The van der Waals surface area contributed by atoms with Crippen LogP contribution in [0.4, 0.5) is 5.69 Å². The van der Waals surface area contributed by atoms with Crippen molar-refractivity contribution in [2.24, 2.45) is 0 Å². The maximum absolute atomic E-state index is 11.2. The van der Waals surface area contributed by atoms with Crippen molar-refractivity contribution in [3.05, 3.63) is 36.4 Å². The monoisotopic (exact) mass is 202 g/mol. The van der Waals surface area contributed by atoms with Gasteiger partial charge in [-0.25, -0.2) is 9.67 Å². The van der Waals surface area contributed by atoms with Crippen molar-refractivity contribution >= 4 is 11.5 Å². The first-order chi connectivity index (χ1) is 7.18. The van der Waals surface area contributed by atoms with Crippen molar-refractivity contribution in [1.29, 1.82) is 0 Å². The van der Waals surface area contributed by atoms with Gasteiger partial charge >= 0.3 is 0 Å². The highest BCUT2D eigenvalue weighted by molar-refractivity contribution is 5.95. The molecule has 1 heterocycles. The number of nitrogens with two attached hydrogens (primary N) is 1. The Hall–Kier alpha value is -2.17. The number of rotatable bonds is 2. The standard InChI is InChI=1S/C10H10N4O/c1-7(15)8-2-3-9(11)10(4-8)14-6-12-5-13-14/h2-6H,11H2,1H3. The SMILES string of the molecule is CC(=O)c1ccc(N)c(-n2cncn2)c1. The molecule has 1 aromatic heterocycles. The summed E-state index contributed by atoms with van der Waals surface area (Å²) in [4.78, 5) is 15.0. The molecule has 76 valence electrons. The highest BCUT2D eigenvalue weighted by Gasteiger charge is 2.06. The fourth-order valence-electron chi connectivity index (χ4n) is 1.29. The topological polar surface area (TPSA) is 73.8 Å². The third-order valence-corrected chi connectivity index (χ3v) is 2.10. The molecule has 15 heavy (non-hydrogen) atoms. The molecule has 0 aliphatic carbocycles. The Kier molecular flexibility index (Phi) is 2.21. The van der Waals surface area contributed by atoms with E-state index in [9.17, 15) is 4.79 Å². The number of hydrogen-bond acceptors (Lipinski definition) is 4. The maximum atomic E-state index is 11.2. The van der Waals surface area contributed by atoms with E-state index in [0.717, 1.165) is 0 Å². The summed E-state index contributed by atoms with van der Waals surface area (Å²) < 4.78 is 1.53. The van der Waals surface area contributed by atoms with Crippen LogP contribution in [0.5, 0.6) is 0 Å². The van der Waals surface area contributed by atoms with Gasteiger partial charge in [0.05, 0.1) is 11.4 Å². The summed E-state index contributed by atoms with van der Waals surface area (Å²) in [7, 11) is 0. The lowest BCUT2D eigenvalue weighted by atomic mass is 10.1. The molecular weight excluding hydrogens is 192 g/mol. The van der Waals surface area contributed by atoms with Crippen LogP contribution in [0.3, 0.4) is 0 Å². The minimum absolute atomic E-state index is 0.00337. The van der Waals surface area contributed by atoms with Crippen molar-refractivity contribution < 1.29 is 4.79 Å². The van der Waals surface area contributed by atoms with Gasteiger partial charge in [-0.2, -0.15) is 5.10 Å². The van der Waals surface area contributed by atoms with Crippen molar-refractivity contribution in [3.8, 4) is 5.69 Å². The molecule has 0 amide bonds. The molecule has 5 heteroatoms. The zero-order valence-electron chi connectivity index (χ0n) is 8.21. The van der Waals surface area contributed by atoms with Crippen LogP contribution in [0.1, 0.15) is 17.3 Å². The molecule has 2 aromatic rings. The Bertz CT molecular complexity index is 490. The van der Waals surface area contributed by atoms with Gasteiger partial charge in [0, 0.05) is 5.56 Å². The van der Waals surface area contributed by atoms with Crippen LogP contribution < -0.4 is 5.73 Å². The zero-order valence-corrected chi connectivity index (χ0v) is 8.21. The van der Waals surface area contributed by atoms with Crippen molar-refractivity contribution in [2.75, 3.05) is 5.73 Å². The fourth-order valence-corrected chi connectivity index (χ4v) is 1.29. The summed E-state index contributed by atoms with van der Waals surface area (Å²) in [6, 6.07) is 5.08. The number of ketones is 1. The highest BCUT2D eigenvalue weighted by Crippen LogP contribution is 2.17. The molecular formula is C10H10N4O. The molecule has 2 N–H and O–H groups in total. The molecule has 0 fully saturated rings. The Balaban J connectivity index is 2.55. The van der Waals surface area contributed by atoms with E-state index < -0.39 is 0 Å². The summed E-state index contributed by atoms with van der Waals surface area (Å²) in [5.41, 5.74) is 7.61. The third-order valence-electron chi connectivity index (χ3n) is 2.10. The fraction of sp³-hybridized carbons (Fsp3) is 0.100. The lowest BCUT2D eigenvalue weighted by Gasteiger charge is -2.06. The normalized spacial score (nSPS) is 10.2. The first-order valence-electron chi connectivity index (χ1n) is 4.44. The van der Waals surface area contributed by atoms with E-state index in [2.05, 4.69) is 10.1 Å². The van der Waals surface area contributed by atoms with E-state index >= 15 is 0 Å². The van der Waals surface area contributed by atoms with E-state index in [1.165, 1.54) is 24.3 Å². The van der Waals surface area contributed by atoms with Gasteiger partial charge in [-0.05, 0) is 25.1 Å². The van der Waals surface area contributed by atoms with E-state index in [4.69, 9.17) is 5.73 Å². The molecule has 0 radical (unpaired) electrons. The Labute approximate surface area is 86.5 Å². The van der Waals surface area contributed by atoms with Crippen molar-refractivity contribution in [2.45, 2.75) is 6.92 Å². The van der Waals surface area contributed by atoms with Crippen LogP contribution >= 0.6 is 0 Å². The van der Waals surface area contributed by atoms with Gasteiger partial charge in [-0.1, -0.05) is 0 Å². The first kappa shape index (κ1) is 9.39. The number of carbonyl (C=O) groups is 1. The van der Waals surface area contributed by atoms with Gasteiger partial charge in [-0.15, -0.1) is 0 Å². The van der Waals surface area contributed by atoms with Crippen LogP contribution in [0, 0.1) is 0 Å². The Morgan fingerprint density at radius 3 is 2.87 bits per heavy atom. The number of nitrogens with zero attached hydrogens (tertiary/aromatic N) is 3. The lowest BCUT2D eigenvalue weighted by Crippen LogP contribution is -2.03. The average Bonchev–Trinajstić information content (AvgIpc) is 2.71. The van der Waals surface area contributed by atoms with Gasteiger partial charge in [0.25, 0.3) is 0 Å². The van der Waals surface area contributed by atoms with Crippen molar-refractivity contribution in [1.82, 2.24) is 14.8 Å². The average molecular weight is 202 g/mol. The quantitative estimate of drug-likeness (QED) is 0.583. The second-order valence-electron chi connectivity index (χ2n) is 3.17. The molecule has 0 spiro atoms. The number of aromatic nitrogens is 3. The Morgan fingerprint density at radius 2 is 2.27 bits per heavy atom. The smallest absolute Gasteiger partial charge is 0.159 e. The maximum Gasteiger partial charge on any atom is 0.159 e. The molecule has 0 saturated heterocycles. The summed E-state index contributed by atoms with van der Waals surface area (Å²) in [5.74, 6) is -0.00337. The van der Waals surface area contributed by atoms with E-state index in [1.54, 1.807) is 18.2 Å². The molecule has 1 aromatic carbocycles. The molecule has 0 saturated carbocycles. The van der Waals surface area contributed by atoms with Gasteiger partial charge < -0.3 is 5.73 Å². The van der Waals surface area contributed by atoms with Crippen LogP contribution in [0.15, 0.2) is 30.9 Å². The minimum atomic E-state index is -0.00337. The Morgan fingerprint density at radius 1 is 1.47 bits per heavy atom. The van der Waals surface area contributed by atoms with E-state index in [0.29, 0.717) is 16.9 Å². The first-order valence-corrected chi connectivity index (χ1v) is 4.44. The van der Waals surface area contributed by atoms with Gasteiger partial charge in [0.1, 0.15) is 12.7 Å². The predicted molar refractivity (Wildman–Crippen MR) is 55.8 cm³/mol. The predicted octanol–water partition coefficient (Wildman–Crippen LogP) is 1.05. The van der Waals surface area contributed by atoms with E-state index in [1.807, 2.05) is 0 Å². The molecule has 5 nitrogen and oxygen atoms in total. The molecule has 2 rings (SSSR count). The summed E-state index contributed by atoms with van der Waals surface area (Å²) in [5, 5.41) is 3.96. The number of nitrogen functional groups attached to an aromatic ring is 1. The van der Waals surface area contributed by atoms with Crippen LogP contribution in [0.25, 0.3) is 5.69 Å². The number of anilines is 1.